The normalized spacial score (nSPS) is 14.8. The van der Waals surface area contributed by atoms with Crippen LogP contribution < -0.4 is 0 Å². The number of sulfone groups is 1. The number of hydrogen-bond donors (Lipinski definition) is 0. The lowest BCUT2D eigenvalue weighted by molar-refractivity contribution is -0.126. The van der Waals surface area contributed by atoms with E-state index < -0.39 is 9.84 Å². The van der Waals surface area contributed by atoms with Crippen molar-refractivity contribution >= 4 is 15.6 Å². The first kappa shape index (κ1) is 13.6. The largest absolute Gasteiger partial charge is 0.299 e. The van der Waals surface area contributed by atoms with Gasteiger partial charge in [0.05, 0.1) is 5.75 Å². The lowest BCUT2D eigenvalue weighted by Gasteiger charge is -2.20. The maximum Gasteiger partial charge on any atom is 0.148 e. The van der Waals surface area contributed by atoms with Gasteiger partial charge in [0, 0.05) is 18.1 Å². The Balaban J connectivity index is 4.71. The SMILES string of the molecule is CC(C)C(=O)C(CS(C)(=O)=O)C(C)C. The fourth-order valence-electron chi connectivity index (χ4n) is 1.36. The van der Waals surface area contributed by atoms with E-state index in [1.165, 1.54) is 6.26 Å². The molecule has 0 bridgehead atoms. The highest BCUT2D eigenvalue weighted by molar-refractivity contribution is 7.90. The van der Waals surface area contributed by atoms with Crippen molar-refractivity contribution in [3.8, 4) is 0 Å². The Bertz CT molecular complexity index is 288. The molecule has 0 spiro atoms. The van der Waals surface area contributed by atoms with Crippen molar-refractivity contribution in [1.82, 2.24) is 0 Å². The molecule has 1 atom stereocenters. The van der Waals surface area contributed by atoms with Gasteiger partial charge in [-0.15, -0.1) is 0 Å². The predicted octanol–water partition coefficient (Wildman–Crippen LogP) is 1.53. The Labute approximate surface area is 86.8 Å². The predicted molar refractivity (Wildman–Crippen MR) is 57.9 cm³/mol. The van der Waals surface area contributed by atoms with Gasteiger partial charge < -0.3 is 0 Å². The second kappa shape index (κ2) is 4.91. The molecule has 0 aliphatic heterocycles. The van der Waals surface area contributed by atoms with Crippen LogP contribution in [0.2, 0.25) is 0 Å². The van der Waals surface area contributed by atoms with Crippen molar-refractivity contribution in [2.45, 2.75) is 27.7 Å². The zero-order valence-electron chi connectivity index (χ0n) is 9.57. The van der Waals surface area contributed by atoms with Gasteiger partial charge >= 0.3 is 0 Å². The standard InChI is InChI=1S/C10H20O3S/c1-7(2)9(6-14(5,12)13)10(11)8(3)4/h7-9H,6H2,1-5H3. The minimum absolute atomic E-state index is 0.0261. The van der Waals surface area contributed by atoms with Gasteiger partial charge in [0.25, 0.3) is 0 Å². The van der Waals surface area contributed by atoms with Crippen LogP contribution in [0.15, 0.2) is 0 Å². The fraction of sp³-hybridized carbons (Fsp3) is 0.900. The Morgan fingerprint density at radius 3 is 1.79 bits per heavy atom. The number of ketones is 1. The van der Waals surface area contributed by atoms with Crippen molar-refractivity contribution < 1.29 is 13.2 Å². The van der Waals surface area contributed by atoms with Crippen LogP contribution in [0, 0.1) is 17.8 Å². The average molecular weight is 220 g/mol. The molecule has 1 unspecified atom stereocenters. The summed E-state index contributed by atoms with van der Waals surface area (Å²) in [7, 11) is -3.07. The molecule has 3 nitrogen and oxygen atoms in total. The second-order valence-corrected chi connectivity index (χ2v) is 6.68. The highest BCUT2D eigenvalue weighted by Crippen LogP contribution is 2.18. The summed E-state index contributed by atoms with van der Waals surface area (Å²) in [5.74, 6) is -0.346. The minimum Gasteiger partial charge on any atom is -0.299 e. The number of rotatable bonds is 5. The summed E-state index contributed by atoms with van der Waals surface area (Å²) in [6.45, 7) is 7.38. The molecule has 0 aromatic carbocycles. The first-order chi connectivity index (χ1) is 6.15. The van der Waals surface area contributed by atoms with E-state index in [0.717, 1.165) is 0 Å². The third-order valence-electron chi connectivity index (χ3n) is 2.22. The van der Waals surface area contributed by atoms with Crippen LogP contribution >= 0.6 is 0 Å². The molecule has 0 rings (SSSR count). The molecular formula is C10H20O3S. The Morgan fingerprint density at radius 2 is 1.57 bits per heavy atom. The fourth-order valence-corrected chi connectivity index (χ4v) is 2.56. The summed E-state index contributed by atoms with van der Waals surface area (Å²) < 4.78 is 22.2. The van der Waals surface area contributed by atoms with E-state index >= 15 is 0 Å². The highest BCUT2D eigenvalue weighted by atomic mass is 32.2. The molecule has 0 saturated carbocycles. The van der Waals surface area contributed by atoms with Crippen LogP contribution in [-0.4, -0.2) is 26.2 Å². The molecule has 14 heavy (non-hydrogen) atoms. The summed E-state index contributed by atoms with van der Waals surface area (Å²) in [5, 5.41) is 0. The first-order valence-corrected chi connectivity index (χ1v) is 6.92. The molecule has 0 radical (unpaired) electrons. The number of hydrogen-bond acceptors (Lipinski definition) is 3. The van der Waals surface area contributed by atoms with E-state index in [0.29, 0.717) is 0 Å². The van der Waals surface area contributed by atoms with Crippen LogP contribution in [0.5, 0.6) is 0 Å². The highest BCUT2D eigenvalue weighted by Gasteiger charge is 2.27. The van der Waals surface area contributed by atoms with Crippen LogP contribution in [-0.2, 0) is 14.6 Å². The Morgan fingerprint density at radius 1 is 1.14 bits per heavy atom. The molecule has 0 N–H and O–H groups in total. The molecule has 0 saturated heterocycles. The van der Waals surface area contributed by atoms with Gasteiger partial charge in [0.2, 0.25) is 0 Å². The van der Waals surface area contributed by atoms with Gasteiger partial charge in [-0.1, -0.05) is 27.7 Å². The molecule has 4 heteroatoms. The topological polar surface area (TPSA) is 51.2 Å². The molecule has 0 fully saturated rings. The number of Topliss-reactive ketones (excluding diaryl/α,β-unsaturated/α-hetero) is 1. The molecule has 0 aromatic rings. The van der Waals surface area contributed by atoms with E-state index in [-0.39, 0.29) is 29.3 Å². The molecule has 0 amide bonds. The number of carbonyl (C=O) groups excluding carboxylic acids is 1. The smallest absolute Gasteiger partial charge is 0.148 e. The molecule has 0 aliphatic carbocycles. The molecule has 0 heterocycles. The zero-order chi connectivity index (χ0) is 11.5. The quantitative estimate of drug-likeness (QED) is 0.706. The lowest BCUT2D eigenvalue weighted by Crippen LogP contribution is -2.30. The van der Waals surface area contributed by atoms with Gasteiger partial charge in [0.15, 0.2) is 0 Å². The van der Waals surface area contributed by atoms with Crippen molar-refractivity contribution in [2.24, 2.45) is 17.8 Å². The van der Waals surface area contributed by atoms with E-state index in [1.807, 2.05) is 13.8 Å². The van der Waals surface area contributed by atoms with Crippen molar-refractivity contribution in [3.05, 3.63) is 0 Å². The van der Waals surface area contributed by atoms with Crippen molar-refractivity contribution in [2.75, 3.05) is 12.0 Å². The van der Waals surface area contributed by atoms with E-state index in [9.17, 15) is 13.2 Å². The van der Waals surface area contributed by atoms with Gasteiger partial charge in [-0.2, -0.15) is 0 Å². The molecule has 0 aromatic heterocycles. The van der Waals surface area contributed by atoms with E-state index in [4.69, 9.17) is 0 Å². The van der Waals surface area contributed by atoms with Crippen LogP contribution in [0.4, 0.5) is 0 Å². The zero-order valence-corrected chi connectivity index (χ0v) is 10.4. The minimum atomic E-state index is -3.07. The summed E-state index contributed by atoms with van der Waals surface area (Å²) in [6.07, 6.45) is 1.18. The van der Waals surface area contributed by atoms with Gasteiger partial charge in [-0.3, -0.25) is 4.79 Å². The van der Waals surface area contributed by atoms with Crippen molar-refractivity contribution in [3.63, 3.8) is 0 Å². The molecule has 0 aliphatic rings. The van der Waals surface area contributed by atoms with Gasteiger partial charge in [-0.05, 0) is 5.92 Å². The summed E-state index contributed by atoms with van der Waals surface area (Å²) in [4.78, 5) is 11.7. The van der Waals surface area contributed by atoms with Gasteiger partial charge in [-0.25, -0.2) is 8.42 Å². The second-order valence-electron chi connectivity index (χ2n) is 4.50. The molecule has 84 valence electrons. The van der Waals surface area contributed by atoms with Crippen LogP contribution in [0.1, 0.15) is 27.7 Å². The first-order valence-electron chi connectivity index (χ1n) is 4.86. The average Bonchev–Trinajstić information content (AvgIpc) is 1.96. The number of carbonyl (C=O) groups is 1. The molecular weight excluding hydrogens is 200 g/mol. The lowest BCUT2D eigenvalue weighted by atomic mass is 9.88. The maximum absolute atomic E-state index is 11.7. The van der Waals surface area contributed by atoms with Crippen LogP contribution in [0.3, 0.4) is 0 Å². The summed E-state index contributed by atoms with van der Waals surface area (Å²) >= 11 is 0. The van der Waals surface area contributed by atoms with E-state index in [2.05, 4.69) is 0 Å². The third kappa shape index (κ3) is 4.74. The monoisotopic (exact) mass is 220 g/mol. The van der Waals surface area contributed by atoms with E-state index in [1.54, 1.807) is 13.8 Å². The van der Waals surface area contributed by atoms with Crippen LogP contribution in [0.25, 0.3) is 0 Å². The Kier molecular flexibility index (Phi) is 4.78. The summed E-state index contributed by atoms with van der Waals surface area (Å²) in [5.41, 5.74) is 0. The van der Waals surface area contributed by atoms with Gasteiger partial charge in [0.1, 0.15) is 15.6 Å². The van der Waals surface area contributed by atoms with Crippen molar-refractivity contribution in [1.29, 1.82) is 0 Å². The maximum atomic E-state index is 11.7. The Hall–Kier alpha value is -0.380. The third-order valence-corrected chi connectivity index (χ3v) is 3.19. The summed E-state index contributed by atoms with van der Waals surface area (Å²) in [6, 6.07) is 0.